The number of likely N-dealkylation sites (tertiary alicyclic amines) is 1. The van der Waals surface area contributed by atoms with E-state index < -0.39 is 0 Å². The van der Waals surface area contributed by atoms with Gasteiger partial charge in [-0.2, -0.15) is 0 Å². The van der Waals surface area contributed by atoms with Crippen molar-refractivity contribution in [1.82, 2.24) is 20.9 Å². The zero-order valence-electron chi connectivity index (χ0n) is 17.3. The van der Waals surface area contributed by atoms with Crippen LogP contribution < -0.4 is 16.0 Å². The lowest BCUT2D eigenvalue weighted by Gasteiger charge is -2.17. The van der Waals surface area contributed by atoms with Crippen molar-refractivity contribution in [2.45, 2.75) is 52.6 Å². The predicted octanol–water partition coefficient (Wildman–Crippen LogP) is 1.89. The van der Waals surface area contributed by atoms with E-state index in [2.05, 4.69) is 20.9 Å². The van der Waals surface area contributed by atoms with Crippen molar-refractivity contribution >= 4 is 17.8 Å². The van der Waals surface area contributed by atoms with Crippen molar-refractivity contribution in [3.63, 3.8) is 0 Å². The number of carbonyl (C=O) groups is 2. The van der Waals surface area contributed by atoms with Gasteiger partial charge in [-0.05, 0) is 50.8 Å². The molecule has 1 aromatic rings. The standard InChI is InChI=1S/C21H33N5O2/c1-4-16(3)25-20(28)18-10-8-9-17(13-18)14-23-21(22-5-2)24-15-19(27)26-11-6-7-12-26/h8-10,13,16H,4-7,11-12,14-15H2,1-3H3,(H,25,28)(H2,22,23,24). The third kappa shape index (κ3) is 6.87. The molecule has 1 aliphatic heterocycles. The van der Waals surface area contributed by atoms with Gasteiger partial charge in [0, 0.05) is 31.2 Å². The van der Waals surface area contributed by atoms with Gasteiger partial charge in [-0.15, -0.1) is 0 Å². The highest BCUT2D eigenvalue weighted by Crippen LogP contribution is 2.08. The number of aliphatic imine (C=N–C) groups is 1. The summed E-state index contributed by atoms with van der Waals surface area (Å²) >= 11 is 0. The van der Waals surface area contributed by atoms with E-state index in [1.165, 1.54) is 0 Å². The van der Waals surface area contributed by atoms with E-state index in [0.29, 0.717) is 24.6 Å². The minimum absolute atomic E-state index is 0.0681. The van der Waals surface area contributed by atoms with E-state index in [4.69, 9.17) is 0 Å². The molecule has 0 aromatic heterocycles. The number of amides is 2. The van der Waals surface area contributed by atoms with Gasteiger partial charge in [-0.3, -0.25) is 9.59 Å². The topological polar surface area (TPSA) is 85.8 Å². The lowest BCUT2D eigenvalue weighted by atomic mass is 10.1. The second-order valence-electron chi connectivity index (χ2n) is 7.12. The molecular formula is C21H33N5O2. The summed E-state index contributed by atoms with van der Waals surface area (Å²) in [5.74, 6) is 0.637. The van der Waals surface area contributed by atoms with Gasteiger partial charge >= 0.3 is 0 Å². The lowest BCUT2D eigenvalue weighted by Crippen LogP contribution is -2.44. The zero-order chi connectivity index (χ0) is 20.4. The Morgan fingerprint density at radius 3 is 2.61 bits per heavy atom. The number of rotatable bonds is 8. The third-order valence-electron chi connectivity index (χ3n) is 4.81. The van der Waals surface area contributed by atoms with Gasteiger partial charge in [0.25, 0.3) is 5.91 Å². The van der Waals surface area contributed by atoms with Gasteiger partial charge in [-0.1, -0.05) is 19.1 Å². The molecule has 3 N–H and O–H groups in total. The second-order valence-corrected chi connectivity index (χ2v) is 7.12. The Bertz CT molecular complexity index is 683. The van der Waals surface area contributed by atoms with Crippen LogP contribution in [0.25, 0.3) is 0 Å². The first-order valence-corrected chi connectivity index (χ1v) is 10.2. The van der Waals surface area contributed by atoms with Crippen LogP contribution in [0.1, 0.15) is 56.0 Å². The monoisotopic (exact) mass is 387 g/mol. The van der Waals surface area contributed by atoms with Crippen LogP contribution in [-0.2, 0) is 11.3 Å². The van der Waals surface area contributed by atoms with E-state index in [0.717, 1.165) is 37.9 Å². The van der Waals surface area contributed by atoms with Crippen molar-refractivity contribution in [3.8, 4) is 0 Å². The summed E-state index contributed by atoms with van der Waals surface area (Å²) < 4.78 is 0. The van der Waals surface area contributed by atoms with Crippen LogP contribution in [0.4, 0.5) is 0 Å². The minimum Gasteiger partial charge on any atom is -0.357 e. The fourth-order valence-electron chi connectivity index (χ4n) is 2.97. The average Bonchev–Trinajstić information content (AvgIpc) is 3.25. The van der Waals surface area contributed by atoms with Crippen LogP contribution in [0.5, 0.6) is 0 Å². The third-order valence-corrected chi connectivity index (χ3v) is 4.81. The number of benzene rings is 1. The van der Waals surface area contributed by atoms with Crippen LogP contribution in [0.3, 0.4) is 0 Å². The Balaban J connectivity index is 1.94. The Kier molecular flexibility index (Phi) is 8.78. The Hall–Kier alpha value is -2.57. The summed E-state index contributed by atoms with van der Waals surface area (Å²) in [6.07, 6.45) is 3.06. The number of carbonyl (C=O) groups excluding carboxylic acids is 2. The van der Waals surface area contributed by atoms with Crippen LogP contribution in [0, 0.1) is 0 Å². The van der Waals surface area contributed by atoms with E-state index in [1.807, 2.05) is 49.9 Å². The molecule has 1 saturated heterocycles. The van der Waals surface area contributed by atoms with Crippen LogP contribution in [0.2, 0.25) is 0 Å². The van der Waals surface area contributed by atoms with Crippen LogP contribution in [-0.4, -0.2) is 54.9 Å². The van der Waals surface area contributed by atoms with Gasteiger partial charge in [0.2, 0.25) is 5.91 Å². The Morgan fingerprint density at radius 1 is 1.18 bits per heavy atom. The fraction of sp³-hybridized carbons (Fsp3) is 0.571. The van der Waals surface area contributed by atoms with Crippen molar-refractivity contribution < 1.29 is 9.59 Å². The van der Waals surface area contributed by atoms with Gasteiger partial charge in [0.1, 0.15) is 0 Å². The summed E-state index contributed by atoms with van der Waals surface area (Å²) in [6, 6.07) is 7.63. The zero-order valence-corrected chi connectivity index (χ0v) is 17.3. The number of hydrogen-bond donors (Lipinski definition) is 3. The number of guanidine groups is 1. The molecule has 2 amide bonds. The van der Waals surface area contributed by atoms with Crippen molar-refractivity contribution in [3.05, 3.63) is 35.4 Å². The molecule has 1 fully saturated rings. The van der Waals surface area contributed by atoms with Gasteiger partial charge in [0.15, 0.2) is 5.96 Å². The maximum absolute atomic E-state index is 12.3. The molecule has 1 atom stereocenters. The summed E-state index contributed by atoms with van der Waals surface area (Å²) in [5.41, 5.74) is 1.58. The fourth-order valence-corrected chi connectivity index (χ4v) is 2.97. The van der Waals surface area contributed by atoms with Crippen LogP contribution >= 0.6 is 0 Å². The first kappa shape index (κ1) is 21.7. The molecule has 154 valence electrons. The first-order valence-electron chi connectivity index (χ1n) is 10.2. The molecule has 0 spiro atoms. The summed E-state index contributed by atoms with van der Waals surface area (Å²) in [4.78, 5) is 30.9. The first-order chi connectivity index (χ1) is 13.5. The van der Waals surface area contributed by atoms with E-state index in [1.54, 1.807) is 0 Å². The van der Waals surface area contributed by atoms with Gasteiger partial charge < -0.3 is 20.9 Å². The summed E-state index contributed by atoms with van der Waals surface area (Å²) in [6.45, 7) is 9.09. The SMILES string of the molecule is CCNC(=NCc1cccc(C(=O)NC(C)CC)c1)NCC(=O)N1CCCC1. The highest BCUT2D eigenvalue weighted by atomic mass is 16.2. The quantitative estimate of drug-likeness (QED) is 0.470. The minimum atomic E-state index is -0.0681. The van der Waals surface area contributed by atoms with E-state index in [9.17, 15) is 9.59 Å². The summed E-state index contributed by atoms with van der Waals surface area (Å²) in [7, 11) is 0. The molecule has 0 saturated carbocycles. The number of hydrogen-bond acceptors (Lipinski definition) is 3. The average molecular weight is 388 g/mol. The highest BCUT2D eigenvalue weighted by Gasteiger charge is 2.17. The molecule has 1 aliphatic rings. The Morgan fingerprint density at radius 2 is 1.93 bits per heavy atom. The molecule has 0 aliphatic carbocycles. The van der Waals surface area contributed by atoms with E-state index >= 15 is 0 Å². The van der Waals surface area contributed by atoms with Crippen molar-refractivity contribution in [1.29, 1.82) is 0 Å². The maximum Gasteiger partial charge on any atom is 0.251 e. The van der Waals surface area contributed by atoms with Crippen molar-refractivity contribution in [2.24, 2.45) is 4.99 Å². The molecule has 1 unspecified atom stereocenters. The highest BCUT2D eigenvalue weighted by molar-refractivity contribution is 5.94. The maximum atomic E-state index is 12.3. The molecule has 0 bridgehead atoms. The van der Waals surface area contributed by atoms with E-state index in [-0.39, 0.29) is 24.4 Å². The lowest BCUT2D eigenvalue weighted by molar-refractivity contribution is -0.128. The smallest absolute Gasteiger partial charge is 0.251 e. The molecule has 28 heavy (non-hydrogen) atoms. The molecule has 2 rings (SSSR count). The van der Waals surface area contributed by atoms with Crippen LogP contribution in [0.15, 0.2) is 29.3 Å². The summed E-state index contributed by atoms with van der Waals surface area (Å²) in [5, 5.41) is 9.24. The molecule has 7 nitrogen and oxygen atoms in total. The molecule has 0 radical (unpaired) electrons. The normalized spacial score (nSPS) is 15.2. The molecule has 1 aromatic carbocycles. The van der Waals surface area contributed by atoms with Gasteiger partial charge in [0.05, 0.1) is 13.1 Å². The predicted molar refractivity (Wildman–Crippen MR) is 112 cm³/mol. The van der Waals surface area contributed by atoms with Gasteiger partial charge in [-0.25, -0.2) is 4.99 Å². The second kappa shape index (κ2) is 11.3. The Labute approximate surface area is 168 Å². The molecule has 7 heteroatoms. The largest absolute Gasteiger partial charge is 0.357 e. The number of nitrogens with zero attached hydrogens (tertiary/aromatic N) is 2. The van der Waals surface area contributed by atoms with Crippen molar-refractivity contribution in [2.75, 3.05) is 26.2 Å². The molecule has 1 heterocycles. The molecular weight excluding hydrogens is 354 g/mol. The number of nitrogens with one attached hydrogen (secondary N) is 3.